The van der Waals surface area contributed by atoms with E-state index in [1.165, 1.54) is 18.3 Å². The molecule has 0 bridgehead atoms. The summed E-state index contributed by atoms with van der Waals surface area (Å²) in [7, 11) is -9.63. The van der Waals surface area contributed by atoms with Crippen LogP contribution in [0.1, 0.15) is 16.9 Å². The Morgan fingerprint density at radius 1 is 1.15 bits per heavy atom. The number of hydrogen-bond donors (Lipinski definition) is 2. The maximum Gasteiger partial charge on any atom is 0.296 e. The number of carbonyl (C=O) groups excluding carboxylic acids is 1. The molecule has 2 aromatic rings. The van der Waals surface area contributed by atoms with Crippen LogP contribution in [0, 0.1) is 6.92 Å². The van der Waals surface area contributed by atoms with E-state index in [-0.39, 0.29) is 17.7 Å². The van der Waals surface area contributed by atoms with Crippen LogP contribution in [0.25, 0.3) is 0 Å². The van der Waals surface area contributed by atoms with Crippen molar-refractivity contribution in [3.63, 3.8) is 0 Å². The molecule has 0 aliphatic carbocycles. The van der Waals surface area contributed by atoms with Gasteiger partial charge in [-0.25, -0.2) is 0 Å². The van der Waals surface area contributed by atoms with Gasteiger partial charge in [0.15, 0.2) is 0 Å². The molecule has 12 heteroatoms. The number of hydrogen-bond acceptors (Lipinski definition) is 7. The lowest BCUT2D eigenvalue weighted by Gasteiger charge is -2.18. The maximum absolute atomic E-state index is 12.4. The van der Waals surface area contributed by atoms with Crippen molar-refractivity contribution in [2.75, 3.05) is 5.01 Å². The lowest BCUT2D eigenvalue weighted by molar-refractivity contribution is -0.116. The average Bonchev–Trinajstić information content (AvgIpc) is 3.14. The van der Waals surface area contributed by atoms with Gasteiger partial charge in [0, 0.05) is 0 Å². The Bertz CT molecular complexity index is 1130. The lowest BCUT2D eigenvalue weighted by atomic mass is 10.2. The first-order valence-corrected chi connectivity index (χ1v) is 10.8. The summed E-state index contributed by atoms with van der Waals surface area (Å²) < 4.78 is 64.8. The van der Waals surface area contributed by atoms with Crippen LogP contribution in [-0.4, -0.2) is 37.6 Å². The highest BCUT2D eigenvalue weighted by Crippen LogP contribution is 2.35. The van der Waals surface area contributed by atoms with Crippen molar-refractivity contribution in [1.82, 2.24) is 0 Å². The van der Waals surface area contributed by atoms with Crippen LogP contribution >= 0.6 is 11.3 Å². The van der Waals surface area contributed by atoms with Crippen molar-refractivity contribution >= 4 is 48.9 Å². The number of benzene rings is 1. The SMILES string of the molecule is Cc1cc(S(=O)(=O)O)cc(S(=O)(=O)O)c1N1N=C(c2cccs2)CC1=O. The number of hydrazone groups is 1. The van der Waals surface area contributed by atoms with Crippen LogP contribution in [0.4, 0.5) is 5.69 Å². The number of amides is 1. The fourth-order valence-corrected chi connectivity index (χ4v) is 4.66. The summed E-state index contributed by atoms with van der Waals surface area (Å²) in [6.45, 7) is 1.34. The lowest BCUT2D eigenvalue weighted by Crippen LogP contribution is -2.23. The Kier molecular flexibility index (Phi) is 4.48. The minimum absolute atomic E-state index is 0.0253. The number of thiophene rings is 1. The van der Waals surface area contributed by atoms with Gasteiger partial charge in [0.05, 0.1) is 27.6 Å². The van der Waals surface area contributed by atoms with Gasteiger partial charge in [0.25, 0.3) is 26.1 Å². The minimum Gasteiger partial charge on any atom is -0.282 e. The molecule has 138 valence electrons. The van der Waals surface area contributed by atoms with E-state index in [9.17, 15) is 26.2 Å². The third-order valence-electron chi connectivity index (χ3n) is 3.61. The number of anilines is 1. The van der Waals surface area contributed by atoms with E-state index in [0.717, 1.165) is 16.0 Å². The van der Waals surface area contributed by atoms with E-state index in [4.69, 9.17) is 4.55 Å². The molecule has 1 aliphatic rings. The fraction of sp³-hybridized carbons (Fsp3) is 0.143. The summed E-state index contributed by atoms with van der Waals surface area (Å²) in [6, 6.07) is 5.09. The summed E-state index contributed by atoms with van der Waals surface area (Å²) in [4.78, 5) is 11.5. The molecule has 26 heavy (non-hydrogen) atoms. The molecule has 1 aromatic carbocycles. The molecular weight excluding hydrogens is 404 g/mol. The predicted octanol–water partition coefficient (Wildman–Crippen LogP) is 1.69. The van der Waals surface area contributed by atoms with E-state index in [1.807, 2.05) is 0 Å². The van der Waals surface area contributed by atoms with Crippen molar-refractivity contribution in [1.29, 1.82) is 0 Å². The first kappa shape index (κ1) is 18.7. The zero-order valence-electron chi connectivity index (χ0n) is 13.1. The Balaban J connectivity index is 2.23. The second-order valence-corrected chi connectivity index (χ2v) is 9.20. The minimum atomic E-state index is -4.91. The van der Waals surface area contributed by atoms with Crippen molar-refractivity contribution in [3.8, 4) is 0 Å². The highest BCUT2D eigenvalue weighted by molar-refractivity contribution is 7.86. The molecule has 1 amide bonds. The Hall–Kier alpha value is -2.12. The Labute approximate surface area is 153 Å². The second kappa shape index (κ2) is 6.25. The zero-order chi connectivity index (χ0) is 19.3. The summed E-state index contributed by atoms with van der Waals surface area (Å²) in [5, 5.41) is 6.75. The molecular formula is C14H12N2O7S3. The van der Waals surface area contributed by atoms with Crippen molar-refractivity contribution < 1.29 is 30.7 Å². The summed E-state index contributed by atoms with van der Waals surface area (Å²) in [5.41, 5.74) is 0.179. The number of carbonyl (C=O) groups is 1. The normalized spacial score (nSPS) is 15.4. The molecule has 2 N–H and O–H groups in total. The van der Waals surface area contributed by atoms with Gasteiger partial charge in [-0.15, -0.1) is 11.3 Å². The average molecular weight is 416 g/mol. The first-order chi connectivity index (χ1) is 12.0. The highest BCUT2D eigenvalue weighted by Gasteiger charge is 2.33. The molecule has 0 atom stereocenters. The summed E-state index contributed by atoms with van der Waals surface area (Å²) in [6.07, 6.45) is -0.0785. The maximum atomic E-state index is 12.4. The monoisotopic (exact) mass is 416 g/mol. The van der Waals surface area contributed by atoms with E-state index in [0.29, 0.717) is 11.8 Å². The van der Waals surface area contributed by atoms with Crippen LogP contribution < -0.4 is 5.01 Å². The van der Waals surface area contributed by atoms with Gasteiger partial charge < -0.3 is 0 Å². The van der Waals surface area contributed by atoms with Gasteiger partial charge in [-0.05, 0) is 36.1 Å². The molecule has 1 aliphatic heterocycles. The Morgan fingerprint density at radius 2 is 1.85 bits per heavy atom. The van der Waals surface area contributed by atoms with E-state index in [2.05, 4.69) is 5.10 Å². The molecule has 2 heterocycles. The molecule has 1 aromatic heterocycles. The van der Waals surface area contributed by atoms with Gasteiger partial charge in [-0.3, -0.25) is 13.9 Å². The van der Waals surface area contributed by atoms with Crippen LogP contribution in [0.3, 0.4) is 0 Å². The number of rotatable bonds is 4. The first-order valence-electron chi connectivity index (χ1n) is 7.02. The predicted molar refractivity (Wildman–Crippen MR) is 93.8 cm³/mol. The molecule has 0 radical (unpaired) electrons. The Morgan fingerprint density at radius 3 is 2.38 bits per heavy atom. The molecule has 0 saturated heterocycles. The standard InChI is InChI=1S/C14H12N2O7S3/c1-8-5-9(25(18,19)20)6-12(26(21,22)23)14(8)16-13(17)7-10(15-16)11-3-2-4-24-11/h2-6H,7H2,1H3,(H,18,19,20)(H,21,22,23). The number of aryl methyl sites for hydroxylation is 1. The zero-order valence-corrected chi connectivity index (χ0v) is 15.6. The van der Waals surface area contributed by atoms with E-state index in [1.54, 1.807) is 17.5 Å². The van der Waals surface area contributed by atoms with Crippen LogP contribution in [0.5, 0.6) is 0 Å². The van der Waals surface area contributed by atoms with Crippen molar-refractivity contribution in [2.45, 2.75) is 23.1 Å². The van der Waals surface area contributed by atoms with Gasteiger partial charge in [-0.1, -0.05) is 6.07 Å². The molecule has 0 unspecified atom stereocenters. The summed E-state index contributed by atoms with van der Waals surface area (Å²) >= 11 is 1.35. The van der Waals surface area contributed by atoms with Gasteiger partial charge in [-0.2, -0.15) is 26.9 Å². The third kappa shape index (κ3) is 3.41. The number of nitrogens with zero attached hydrogens (tertiary/aromatic N) is 2. The smallest absolute Gasteiger partial charge is 0.282 e. The summed E-state index contributed by atoms with van der Waals surface area (Å²) in [5.74, 6) is -0.541. The van der Waals surface area contributed by atoms with E-state index < -0.39 is 35.9 Å². The highest BCUT2D eigenvalue weighted by atomic mass is 32.2. The quantitative estimate of drug-likeness (QED) is 0.722. The van der Waals surface area contributed by atoms with Crippen molar-refractivity contribution in [2.24, 2.45) is 5.10 Å². The van der Waals surface area contributed by atoms with Crippen LogP contribution in [-0.2, 0) is 25.0 Å². The van der Waals surface area contributed by atoms with Gasteiger partial charge in [0.2, 0.25) is 0 Å². The van der Waals surface area contributed by atoms with Crippen molar-refractivity contribution in [3.05, 3.63) is 40.1 Å². The van der Waals surface area contributed by atoms with Gasteiger partial charge in [0.1, 0.15) is 4.90 Å². The molecule has 9 nitrogen and oxygen atoms in total. The largest absolute Gasteiger partial charge is 0.296 e. The van der Waals surface area contributed by atoms with Crippen LogP contribution in [0.2, 0.25) is 0 Å². The molecule has 0 saturated carbocycles. The van der Waals surface area contributed by atoms with E-state index >= 15 is 0 Å². The molecule has 0 spiro atoms. The van der Waals surface area contributed by atoms with Gasteiger partial charge >= 0.3 is 0 Å². The topological polar surface area (TPSA) is 141 Å². The fourth-order valence-electron chi connectivity index (χ4n) is 2.52. The molecule has 0 fully saturated rings. The second-order valence-electron chi connectivity index (χ2n) is 5.44. The third-order valence-corrected chi connectivity index (χ3v) is 6.23. The van der Waals surface area contributed by atoms with Crippen LogP contribution in [0.15, 0.2) is 44.5 Å². The molecule has 3 rings (SSSR count).